The maximum atomic E-state index is 12.1. The highest BCUT2D eigenvalue weighted by atomic mass is 16.7. The number of ether oxygens (including phenoxy) is 1. The molecule has 0 aromatic rings. The van der Waals surface area contributed by atoms with E-state index >= 15 is 0 Å². The molecule has 24 heavy (non-hydrogen) atoms. The topological polar surface area (TPSA) is 177 Å². The number of carbonyl (C=O) groups excluding carboxylic acids is 1. The Morgan fingerprint density at radius 3 is 2.29 bits per heavy atom. The number of carbonyl (C=O) groups is 2. The van der Waals surface area contributed by atoms with Crippen molar-refractivity contribution >= 4 is 11.9 Å². The van der Waals surface area contributed by atoms with Gasteiger partial charge in [-0.25, -0.2) is 4.79 Å². The highest BCUT2D eigenvalue weighted by Crippen LogP contribution is 2.31. The van der Waals surface area contributed by atoms with E-state index < -0.39 is 66.6 Å². The van der Waals surface area contributed by atoms with Crippen molar-refractivity contribution < 1.29 is 45.0 Å². The maximum Gasteiger partial charge on any atom is 0.364 e. The molecule has 0 aromatic carbocycles. The number of aliphatic carboxylic acids is 1. The third kappa shape index (κ3) is 4.41. The van der Waals surface area contributed by atoms with Gasteiger partial charge in [-0.2, -0.15) is 0 Å². The summed E-state index contributed by atoms with van der Waals surface area (Å²) in [6, 6.07) is -1.30. The van der Waals surface area contributed by atoms with Gasteiger partial charge in [0.15, 0.2) is 0 Å². The quantitative estimate of drug-likeness (QED) is 0.275. The lowest BCUT2D eigenvalue weighted by Gasteiger charge is -2.45. The predicted octanol–water partition coefficient (Wildman–Crippen LogP) is -2.85. The molecule has 0 aliphatic carbocycles. The van der Waals surface area contributed by atoms with Gasteiger partial charge in [-0.05, 0) is 0 Å². The van der Waals surface area contributed by atoms with Crippen LogP contribution in [-0.2, 0) is 14.3 Å². The van der Waals surface area contributed by atoms with Crippen LogP contribution in [0.2, 0.25) is 0 Å². The second kappa shape index (κ2) is 7.30. The van der Waals surface area contributed by atoms with Gasteiger partial charge in [-0.1, -0.05) is 20.8 Å². The average molecular weight is 351 g/mol. The molecular formula is C14H25NO9. The van der Waals surface area contributed by atoms with Crippen LogP contribution in [0.1, 0.15) is 27.2 Å². The van der Waals surface area contributed by atoms with Crippen LogP contribution in [0.4, 0.5) is 0 Å². The van der Waals surface area contributed by atoms with Crippen LogP contribution in [0.5, 0.6) is 0 Å². The van der Waals surface area contributed by atoms with Crippen LogP contribution in [-0.4, -0.2) is 85.4 Å². The SMILES string of the molecule is CC(C)(C)C(=O)N[C@H]1[C@H]([C@H](O)[C@H](O)CO)O[C@@](O)(C(=O)O)C[C@@H]1O. The van der Waals surface area contributed by atoms with Crippen LogP contribution in [0.3, 0.4) is 0 Å². The molecule has 6 atom stereocenters. The van der Waals surface area contributed by atoms with E-state index in [1.807, 2.05) is 0 Å². The van der Waals surface area contributed by atoms with Crippen molar-refractivity contribution in [1.29, 1.82) is 0 Å². The third-order valence-corrected chi connectivity index (χ3v) is 3.82. The summed E-state index contributed by atoms with van der Waals surface area (Å²) in [6.07, 6.45) is -7.58. The van der Waals surface area contributed by atoms with Crippen LogP contribution in [0.15, 0.2) is 0 Å². The van der Waals surface area contributed by atoms with E-state index in [0.29, 0.717) is 0 Å². The molecule has 0 saturated carbocycles. The summed E-state index contributed by atoms with van der Waals surface area (Å²) in [5.74, 6) is -5.12. The summed E-state index contributed by atoms with van der Waals surface area (Å²) in [5.41, 5.74) is -0.856. The molecule has 1 fully saturated rings. The lowest BCUT2D eigenvalue weighted by atomic mass is 9.87. The first kappa shape index (κ1) is 20.7. The maximum absolute atomic E-state index is 12.1. The molecule has 1 aliphatic rings. The van der Waals surface area contributed by atoms with Gasteiger partial charge < -0.3 is 40.7 Å². The molecule has 7 N–H and O–H groups in total. The number of nitrogens with one attached hydrogen (secondary N) is 1. The van der Waals surface area contributed by atoms with Gasteiger partial charge in [-0.3, -0.25) is 4.79 Å². The fraction of sp³-hybridized carbons (Fsp3) is 0.857. The van der Waals surface area contributed by atoms with Gasteiger partial charge in [0.25, 0.3) is 5.79 Å². The Hall–Kier alpha value is -1.30. The van der Waals surface area contributed by atoms with Gasteiger partial charge in [0, 0.05) is 11.8 Å². The summed E-state index contributed by atoms with van der Waals surface area (Å²) < 4.78 is 4.98. The Kier molecular flexibility index (Phi) is 6.31. The van der Waals surface area contributed by atoms with Crippen LogP contribution >= 0.6 is 0 Å². The number of amides is 1. The smallest absolute Gasteiger partial charge is 0.364 e. The van der Waals surface area contributed by atoms with E-state index in [1.165, 1.54) is 0 Å². The molecule has 1 saturated heterocycles. The van der Waals surface area contributed by atoms with Gasteiger partial charge >= 0.3 is 5.97 Å². The van der Waals surface area contributed by atoms with E-state index in [0.717, 1.165) is 0 Å². The number of rotatable bonds is 5. The van der Waals surface area contributed by atoms with Crippen molar-refractivity contribution in [1.82, 2.24) is 5.32 Å². The van der Waals surface area contributed by atoms with E-state index in [9.17, 15) is 30.0 Å². The van der Waals surface area contributed by atoms with Crippen molar-refractivity contribution in [2.75, 3.05) is 6.61 Å². The summed E-state index contributed by atoms with van der Waals surface area (Å²) >= 11 is 0. The summed E-state index contributed by atoms with van der Waals surface area (Å²) in [7, 11) is 0. The largest absolute Gasteiger partial charge is 0.477 e. The standard InChI is InChI=1S/C14H25NO9/c1-13(2,3)11(20)15-8-6(17)4-14(23,12(21)22)24-10(8)9(19)7(18)5-16/h6-10,16-19,23H,4-5H2,1-3H3,(H,15,20)(H,21,22)/t6-,7+,8+,9+,10+,14+/m0/s1. The monoisotopic (exact) mass is 351 g/mol. The number of carboxylic acid groups (broad SMARTS) is 1. The number of hydrogen-bond donors (Lipinski definition) is 7. The first-order chi connectivity index (χ1) is 10.8. The molecule has 10 heteroatoms. The fourth-order valence-electron chi connectivity index (χ4n) is 2.27. The summed E-state index contributed by atoms with van der Waals surface area (Å²) in [6.45, 7) is 3.92. The minimum absolute atomic E-state index is 0.522. The van der Waals surface area contributed by atoms with Crippen LogP contribution in [0.25, 0.3) is 0 Å². The minimum atomic E-state index is -2.80. The van der Waals surface area contributed by atoms with E-state index in [4.69, 9.17) is 14.9 Å². The molecular weight excluding hydrogens is 326 g/mol. The average Bonchev–Trinajstić information content (AvgIpc) is 2.46. The Morgan fingerprint density at radius 1 is 1.33 bits per heavy atom. The molecule has 1 aliphatic heterocycles. The third-order valence-electron chi connectivity index (χ3n) is 3.82. The molecule has 0 spiro atoms. The van der Waals surface area contributed by atoms with E-state index in [2.05, 4.69) is 5.32 Å². The lowest BCUT2D eigenvalue weighted by molar-refractivity contribution is -0.295. The lowest BCUT2D eigenvalue weighted by Crippen LogP contribution is -2.68. The summed E-state index contributed by atoms with van der Waals surface area (Å²) in [5, 5.41) is 60.2. The summed E-state index contributed by atoms with van der Waals surface area (Å²) in [4.78, 5) is 23.3. The molecule has 1 rings (SSSR count). The molecule has 1 amide bonds. The van der Waals surface area contributed by atoms with Crippen LogP contribution < -0.4 is 5.32 Å². The van der Waals surface area contributed by atoms with Crippen LogP contribution in [0, 0.1) is 5.41 Å². The van der Waals surface area contributed by atoms with E-state index in [-0.39, 0.29) is 0 Å². The number of aliphatic hydroxyl groups is 5. The molecule has 0 radical (unpaired) electrons. The Bertz CT molecular complexity index is 477. The van der Waals surface area contributed by atoms with E-state index in [1.54, 1.807) is 20.8 Å². The fourth-order valence-corrected chi connectivity index (χ4v) is 2.27. The van der Waals surface area contributed by atoms with Gasteiger partial charge in [-0.15, -0.1) is 0 Å². The predicted molar refractivity (Wildman–Crippen MR) is 78.6 cm³/mol. The number of aliphatic hydroxyl groups excluding tert-OH is 4. The zero-order valence-electron chi connectivity index (χ0n) is 13.7. The van der Waals surface area contributed by atoms with Gasteiger partial charge in [0.2, 0.25) is 5.91 Å². The zero-order chi connectivity index (χ0) is 18.9. The first-order valence-electron chi connectivity index (χ1n) is 7.43. The minimum Gasteiger partial charge on any atom is -0.477 e. The Labute approximate surface area is 138 Å². The van der Waals surface area contributed by atoms with Gasteiger partial charge in [0.05, 0.1) is 18.8 Å². The van der Waals surface area contributed by atoms with Crippen molar-refractivity contribution in [2.45, 2.75) is 63.4 Å². The molecule has 0 unspecified atom stereocenters. The highest BCUT2D eigenvalue weighted by Gasteiger charge is 2.54. The molecule has 10 nitrogen and oxygen atoms in total. The number of hydrogen-bond acceptors (Lipinski definition) is 8. The zero-order valence-corrected chi connectivity index (χ0v) is 13.7. The van der Waals surface area contributed by atoms with Crippen molar-refractivity contribution in [3.05, 3.63) is 0 Å². The molecule has 0 aromatic heterocycles. The number of carboxylic acids is 1. The molecule has 0 bridgehead atoms. The highest BCUT2D eigenvalue weighted by molar-refractivity contribution is 5.82. The van der Waals surface area contributed by atoms with Crippen molar-refractivity contribution in [3.63, 3.8) is 0 Å². The Morgan fingerprint density at radius 2 is 1.88 bits per heavy atom. The molecule has 1 heterocycles. The molecule has 140 valence electrons. The van der Waals surface area contributed by atoms with Gasteiger partial charge in [0.1, 0.15) is 18.3 Å². The van der Waals surface area contributed by atoms with Crippen molar-refractivity contribution in [3.8, 4) is 0 Å². The second-order valence-corrected chi connectivity index (χ2v) is 6.93. The van der Waals surface area contributed by atoms with Crippen molar-refractivity contribution in [2.24, 2.45) is 5.41 Å². The second-order valence-electron chi connectivity index (χ2n) is 6.93. The normalized spacial score (nSPS) is 33.6. The Balaban J connectivity index is 3.13. The first-order valence-corrected chi connectivity index (χ1v) is 7.43.